The van der Waals surface area contributed by atoms with Crippen LogP contribution >= 0.6 is 0 Å². The molecule has 0 atom stereocenters. The molecule has 3 aromatic rings. The number of nitrogens with zero attached hydrogens (tertiary/aromatic N) is 4. The van der Waals surface area contributed by atoms with Crippen molar-refractivity contribution in [2.75, 3.05) is 25.7 Å². The molecule has 8 heteroatoms. The molecule has 4 rings (SSSR count). The van der Waals surface area contributed by atoms with Gasteiger partial charge in [0.25, 0.3) is 11.8 Å². The zero-order valence-electron chi connectivity index (χ0n) is 15.7. The highest BCUT2D eigenvalue weighted by atomic mass is 16.5. The minimum absolute atomic E-state index is 0.163. The average molecular weight is 380 g/mol. The van der Waals surface area contributed by atoms with Crippen LogP contribution in [0.1, 0.15) is 16.2 Å². The van der Waals surface area contributed by atoms with Crippen LogP contribution in [0.5, 0.6) is 17.4 Å². The minimum atomic E-state index is -0.163. The van der Waals surface area contributed by atoms with E-state index in [-0.39, 0.29) is 5.91 Å². The standard InChI is InChI=1S/C20H20N4O4/c1-26-17-8-9-18(21-19(17)27-2)23-10-11-24-16(20(23)25)12-14(22-24)13-28-15-6-4-3-5-7-15/h3-9,12H,10-11,13H2,1-2H3. The summed E-state index contributed by atoms with van der Waals surface area (Å²) in [7, 11) is 3.06. The fraction of sp³-hybridized carbons (Fsp3) is 0.250. The molecular formula is C20H20N4O4. The normalized spacial score (nSPS) is 13.2. The van der Waals surface area contributed by atoms with Crippen LogP contribution in [0.4, 0.5) is 5.82 Å². The number of aromatic nitrogens is 3. The summed E-state index contributed by atoms with van der Waals surface area (Å²) < 4.78 is 17.9. The van der Waals surface area contributed by atoms with E-state index >= 15 is 0 Å². The van der Waals surface area contributed by atoms with Gasteiger partial charge < -0.3 is 14.2 Å². The van der Waals surface area contributed by atoms with Gasteiger partial charge in [-0.25, -0.2) is 0 Å². The van der Waals surface area contributed by atoms with E-state index in [2.05, 4.69) is 10.1 Å². The van der Waals surface area contributed by atoms with Gasteiger partial charge in [-0.15, -0.1) is 0 Å². The molecule has 0 fully saturated rings. The lowest BCUT2D eigenvalue weighted by atomic mass is 10.2. The molecule has 28 heavy (non-hydrogen) atoms. The van der Waals surface area contributed by atoms with E-state index < -0.39 is 0 Å². The van der Waals surface area contributed by atoms with Gasteiger partial charge in [-0.05, 0) is 30.3 Å². The van der Waals surface area contributed by atoms with Crippen LogP contribution < -0.4 is 19.1 Å². The van der Waals surface area contributed by atoms with Gasteiger partial charge in [-0.2, -0.15) is 10.1 Å². The number of anilines is 1. The van der Waals surface area contributed by atoms with E-state index in [9.17, 15) is 4.79 Å². The van der Waals surface area contributed by atoms with Gasteiger partial charge in [0.1, 0.15) is 29.6 Å². The summed E-state index contributed by atoms with van der Waals surface area (Å²) in [5, 5.41) is 4.48. The number of para-hydroxylation sites is 1. The predicted octanol–water partition coefficient (Wildman–Crippen LogP) is 2.53. The molecule has 0 bridgehead atoms. The third-order valence-corrected chi connectivity index (χ3v) is 4.46. The Labute approximate surface area is 162 Å². The maximum atomic E-state index is 13.0. The molecule has 144 valence electrons. The molecule has 8 nitrogen and oxygen atoms in total. The molecule has 0 saturated carbocycles. The first-order chi connectivity index (χ1) is 13.7. The highest BCUT2D eigenvalue weighted by Gasteiger charge is 2.29. The molecule has 0 spiro atoms. The van der Waals surface area contributed by atoms with E-state index in [1.54, 1.807) is 34.9 Å². The van der Waals surface area contributed by atoms with Crippen LogP contribution in [-0.4, -0.2) is 41.4 Å². The Kier molecular flexibility index (Phi) is 4.84. The largest absolute Gasteiger partial charge is 0.491 e. The van der Waals surface area contributed by atoms with Gasteiger partial charge in [0.15, 0.2) is 5.75 Å². The van der Waals surface area contributed by atoms with Crippen molar-refractivity contribution >= 4 is 11.7 Å². The minimum Gasteiger partial charge on any atom is -0.491 e. The van der Waals surface area contributed by atoms with Gasteiger partial charge in [-0.3, -0.25) is 14.4 Å². The van der Waals surface area contributed by atoms with Crippen LogP contribution in [0.15, 0.2) is 48.5 Å². The van der Waals surface area contributed by atoms with E-state index in [1.165, 1.54) is 7.11 Å². The average Bonchev–Trinajstić information content (AvgIpc) is 3.17. The Hall–Kier alpha value is -3.55. The summed E-state index contributed by atoms with van der Waals surface area (Å²) in [6.45, 7) is 1.34. The van der Waals surface area contributed by atoms with Gasteiger partial charge in [0.2, 0.25) is 0 Å². The van der Waals surface area contributed by atoms with Crippen molar-refractivity contribution in [3.05, 3.63) is 59.9 Å². The third kappa shape index (κ3) is 3.36. The summed E-state index contributed by atoms with van der Waals surface area (Å²) in [6.07, 6.45) is 0. The van der Waals surface area contributed by atoms with Crippen molar-refractivity contribution in [1.29, 1.82) is 0 Å². The lowest BCUT2D eigenvalue weighted by molar-refractivity contribution is 0.0961. The zero-order valence-corrected chi connectivity index (χ0v) is 15.7. The summed E-state index contributed by atoms with van der Waals surface area (Å²) in [4.78, 5) is 19.0. The molecule has 1 aliphatic rings. The molecule has 1 aromatic carbocycles. The summed E-state index contributed by atoms with van der Waals surface area (Å²) >= 11 is 0. The van der Waals surface area contributed by atoms with Crippen LogP contribution in [0.2, 0.25) is 0 Å². The predicted molar refractivity (Wildman–Crippen MR) is 102 cm³/mol. The Bertz CT molecular complexity index is 987. The second kappa shape index (κ2) is 7.59. The number of hydrogen-bond donors (Lipinski definition) is 0. The molecule has 0 saturated heterocycles. The maximum Gasteiger partial charge on any atom is 0.277 e. The monoisotopic (exact) mass is 380 g/mol. The molecule has 3 heterocycles. The fourth-order valence-electron chi connectivity index (χ4n) is 3.08. The quantitative estimate of drug-likeness (QED) is 0.654. The number of hydrogen-bond acceptors (Lipinski definition) is 6. The number of benzene rings is 1. The highest BCUT2D eigenvalue weighted by molar-refractivity contribution is 6.05. The van der Waals surface area contributed by atoms with Gasteiger partial charge in [0, 0.05) is 6.54 Å². The Morgan fingerprint density at radius 1 is 1.04 bits per heavy atom. The number of rotatable bonds is 6. The van der Waals surface area contributed by atoms with Crippen LogP contribution in [-0.2, 0) is 13.2 Å². The molecule has 0 unspecified atom stereocenters. The molecule has 1 amide bonds. The fourth-order valence-corrected chi connectivity index (χ4v) is 3.08. The van der Waals surface area contributed by atoms with Crippen molar-refractivity contribution in [2.24, 2.45) is 0 Å². The highest BCUT2D eigenvalue weighted by Crippen LogP contribution is 2.29. The number of ether oxygens (including phenoxy) is 3. The Balaban J connectivity index is 1.53. The van der Waals surface area contributed by atoms with Crippen LogP contribution in [0.3, 0.4) is 0 Å². The van der Waals surface area contributed by atoms with Crippen molar-refractivity contribution in [2.45, 2.75) is 13.2 Å². The lowest BCUT2D eigenvalue weighted by Gasteiger charge is -2.26. The molecule has 0 N–H and O–H groups in total. The first-order valence-electron chi connectivity index (χ1n) is 8.85. The Morgan fingerprint density at radius 3 is 2.61 bits per heavy atom. The van der Waals surface area contributed by atoms with E-state index in [4.69, 9.17) is 14.2 Å². The van der Waals surface area contributed by atoms with Gasteiger partial charge in [-0.1, -0.05) is 18.2 Å². The Morgan fingerprint density at radius 2 is 1.86 bits per heavy atom. The van der Waals surface area contributed by atoms with Gasteiger partial charge >= 0.3 is 0 Å². The van der Waals surface area contributed by atoms with Crippen LogP contribution in [0, 0.1) is 0 Å². The molecular weight excluding hydrogens is 360 g/mol. The zero-order chi connectivity index (χ0) is 19.5. The first-order valence-corrected chi connectivity index (χ1v) is 8.85. The van der Waals surface area contributed by atoms with Crippen molar-refractivity contribution < 1.29 is 19.0 Å². The molecule has 2 aromatic heterocycles. The molecule has 0 radical (unpaired) electrons. The summed E-state index contributed by atoms with van der Waals surface area (Å²) in [5.41, 5.74) is 1.21. The number of carbonyl (C=O) groups is 1. The van der Waals surface area contributed by atoms with E-state index in [0.717, 1.165) is 5.75 Å². The number of fused-ring (bicyclic) bond motifs is 1. The van der Waals surface area contributed by atoms with Crippen molar-refractivity contribution in [1.82, 2.24) is 14.8 Å². The van der Waals surface area contributed by atoms with E-state index in [0.29, 0.717) is 48.5 Å². The third-order valence-electron chi connectivity index (χ3n) is 4.46. The number of methoxy groups -OCH3 is 2. The second-order valence-electron chi connectivity index (χ2n) is 6.18. The number of carbonyl (C=O) groups excluding carboxylic acids is 1. The molecule has 1 aliphatic heterocycles. The topological polar surface area (TPSA) is 78.7 Å². The SMILES string of the molecule is COc1ccc(N2CCn3nc(COc4ccccc4)cc3C2=O)nc1OC. The molecule has 0 aliphatic carbocycles. The second-order valence-corrected chi connectivity index (χ2v) is 6.18. The number of amides is 1. The summed E-state index contributed by atoms with van der Waals surface area (Å²) in [5.74, 6) is 1.96. The lowest BCUT2D eigenvalue weighted by Crippen LogP contribution is -2.40. The first kappa shape index (κ1) is 17.8. The van der Waals surface area contributed by atoms with Crippen molar-refractivity contribution in [3.63, 3.8) is 0 Å². The van der Waals surface area contributed by atoms with Crippen molar-refractivity contribution in [3.8, 4) is 17.4 Å². The maximum absolute atomic E-state index is 13.0. The van der Waals surface area contributed by atoms with Gasteiger partial charge in [0.05, 0.1) is 20.8 Å². The number of pyridine rings is 1. The smallest absolute Gasteiger partial charge is 0.277 e. The van der Waals surface area contributed by atoms with Crippen LogP contribution in [0.25, 0.3) is 0 Å². The van der Waals surface area contributed by atoms with E-state index in [1.807, 2.05) is 30.3 Å². The summed E-state index contributed by atoms with van der Waals surface area (Å²) in [6, 6.07) is 14.7.